The molecule has 0 fully saturated rings. The maximum atomic E-state index is 12.5. The molecule has 1 aromatic heterocycles. The largest absolute Gasteiger partial charge is 0.420 e. The van der Waals surface area contributed by atoms with Crippen molar-refractivity contribution in [1.82, 2.24) is 9.97 Å². The minimum Gasteiger partial charge on any atom is -0.324 e. The molecule has 8 heteroatoms. The molecular formula is C11H6Cl2F3N3. The summed E-state index contributed by atoms with van der Waals surface area (Å²) < 4.78 is 37.4. The SMILES string of the molecule is FC(F)(F)c1cnc(Nc2cccc(Cl)c2)nc1Cl. The maximum Gasteiger partial charge on any atom is 0.420 e. The van der Waals surface area contributed by atoms with Crippen molar-refractivity contribution in [3.63, 3.8) is 0 Å². The van der Waals surface area contributed by atoms with Gasteiger partial charge in [-0.15, -0.1) is 0 Å². The minimum absolute atomic E-state index is 0.0414. The van der Waals surface area contributed by atoms with Crippen molar-refractivity contribution >= 4 is 34.8 Å². The summed E-state index contributed by atoms with van der Waals surface area (Å²) in [5.41, 5.74) is -0.533. The number of hydrogen-bond acceptors (Lipinski definition) is 3. The van der Waals surface area contributed by atoms with Gasteiger partial charge in [-0.3, -0.25) is 0 Å². The van der Waals surface area contributed by atoms with Crippen molar-refractivity contribution in [3.05, 3.63) is 46.2 Å². The second kappa shape index (κ2) is 5.22. The smallest absolute Gasteiger partial charge is 0.324 e. The zero-order valence-electron chi connectivity index (χ0n) is 9.17. The fourth-order valence-corrected chi connectivity index (χ4v) is 1.73. The van der Waals surface area contributed by atoms with Crippen LogP contribution < -0.4 is 5.32 Å². The molecule has 2 aromatic rings. The number of nitrogens with one attached hydrogen (secondary N) is 1. The van der Waals surface area contributed by atoms with E-state index >= 15 is 0 Å². The highest BCUT2D eigenvalue weighted by molar-refractivity contribution is 6.31. The van der Waals surface area contributed by atoms with Crippen LogP contribution in [0.25, 0.3) is 0 Å². The van der Waals surface area contributed by atoms with Crippen molar-refractivity contribution in [2.75, 3.05) is 5.32 Å². The zero-order valence-corrected chi connectivity index (χ0v) is 10.7. The van der Waals surface area contributed by atoms with E-state index in [1.807, 2.05) is 0 Å². The fraction of sp³-hybridized carbons (Fsp3) is 0.0909. The van der Waals surface area contributed by atoms with Gasteiger partial charge in [-0.2, -0.15) is 13.2 Å². The van der Waals surface area contributed by atoms with Crippen LogP contribution in [-0.2, 0) is 6.18 Å². The number of rotatable bonds is 2. The number of alkyl halides is 3. The predicted octanol–water partition coefficient (Wildman–Crippen LogP) is 4.55. The maximum absolute atomic E-state index is 12.5. The van der Waals surface area contributed by atoms with Gasteiger partial charge in [0.1, 0.15) is 10.7 Å². The van der Waals surface area contributed by atoms with E-state index in [9.17, 15) is 13.2 Å². The molecule has 1 N–H and O–H groups in total. The topological polar surface area (TPSA) is 37.8 Å². The van der Waals surface area contributed by atoms with Gasteiger partial charge in [0.15, 0.2) is 0 Å². The molecule has 0 aliphatic carbocycles. The standard InChI is InChI=1S/C11H6Cl2F3N3/c12-6-2-1-3-7(4-6)18-10-17-5-8(9(13)19-10)11(14,15)16/h1-5H,(H,17,18,19). The summed E-state index contributed by atoms with van der Waals surface area (Å²) in [4.78, 5) is 7.11. The van der Waals surface area contributed by atoms with Crippen LogP contribution in [0.4, 0.5) is 24.8 Å². The van der Waals surface area contributed by atoms with Crippen molar-refractivity contribution in [3.8, 4) is 0 Å². The first kappa shape index (κ1) is 13.9. The van der Waals surface area contributed by atoms with Crippen LogP contribution in [0.5, 0.6) is 0 Å². The predicted molar refractivity (Wildman–Crippen MR) is 66.8 cm³/mol. The minimum atomic E-state index is -4.58. The lowest BCUT2D eigenvalue weighted by Crippen LogP contribution is -2.09. The summed E-state index contributed by atoms with van der Waals surface area (Å²) >= 11 is 11.2. The molecule has 0 radical (unpaired) electrons. The van der Waals surface area contributed by atoms with E-state index in [-0.39, 0.29) is 5.95 Å². The molecule has 2 rings (SSSR count). The molecule has 0 spiro atoms. The number of nitrogens with zero attached hydrogens (tertiary/aromatic N) is 2. The van der Waals surface area contributed by atoms with E-state index in [2.05, 4.69) is 15.3 Å². The lowest BCUT2D eigenvalue weighted by molar-refractivity contribution is -0.137. The van der Waals surface area contributed by atoms with Crippen LogP contribution in [0.3, 0.4) is 0 Å². The summed E-state index contributed by atoms with van der Waals surface area (Å²) in [5, 5.41) is 2.52. The summed E-state index contributed by atoms with van der Waals surface area (Å²) in [7, 11) is 0. The number of halogens is 5. The Morgan fingerprint density at radius 2 is 1.89 bits per heavy atom. The Hall–Kier alpha value is -1.53. The molecule has 3 nitrogen and oxygen atoms in total. The molecule has 19 heavy (non-hydrogen) atoms. The molecule has 0 atom stereocenters. The normalized spacial score (nSPS) is 11.4. The molecule has 100 valence electrons. The van der Waals surface area contributed by atoms with Gasteiger partial charge in [-0.25, -0.2) is 9.97 Å². The van der Waals surface area contributed by atoms with Gasteiger partial charge in [0, 0.05) is 16.9 Å². The van der Waals surface area contributed by atoms with E-state index < -0.39 is 16.9 Å². The molecule has 0 aliphatic rings. The Morgan fingerprint density at radius 3 is 2.47 bits per heavy atom. The fourth-order valence-electron chi connectivity index (χ4n) is 1.31. The van der Waals surface area contributed by atoms with Crippen molar-refractivity contribution in [2.24, 2.45) is 0 Å². The molecule has 1 heterocycles. The van der Waals surface area contributed by atoms with E-state index in [0.717, 1.165) is 0 Å². The van der Waals surface area contributed by atoms with E-state index in [4.69, 9.17) is 23.2 Å². The second-order valence-corrected chi connectivity index (χ2v) is 4.33. The van der Waals surface area contributed by atoms with Crippen LogP contribution in [-0.4, -0.2) is 9.97 Å². The van der Waals surface area contributed by atoms with Gasteiger partial charge in [-0.1, -0.05) is 29.3 Å². The van der Waals surface area contributed by atoms with Crippen molar-refractivity contribution in [1.29, 1.82) is 0 Å². The summed E-state index contributed by atoms with van der Waals surface area (Å²) in [6.07, 6.45) is -3.95. The Labute approximate surface area is 116 Å². The van der Waals surface area contributed by atoms with Gasteiger partial charge < -0.3 is 5.32 Å². The molecule has 0 saturated heterocycles. The Morgan fingerprint density at radius 1 is 1.16 bits per heavy atom. The van der Waals surface area contributed by atoms with Crippen LogP contribution in [0.1, 0.15) is 5.56 Å². The van der Waals surface area contributed by atoms with Crippen molar-refractivity contribution in [2.45, 2.75) is 6.18 Å². The Bertz CT molecular complexity index is 602. The van der Waals surface area contributed by atoms with Gasteiger partial charge in [0.25, 0.3) is 0 Å². The molecule has 1 aromatic carbocycles. The third-order valence-electron chi connectivity index (χ3n) is 2.13. The van der Waals surface area contributed by atoms with Crippen LogP contribution in [0.15, 0.2) is 30.5 Å². The van der Waals surface area contributed by atoms with Gasteiger partial charge in [0.2, 0.25) is 5.95 Å². The summed E-state index contributed by atoms with van der Waals surface area (Å²) in [5.74, 6) is -0.0414. The lowest BCUT2D eigenvalue weighted by atomic mass is 10.3. The monoisotopic (exact) mass is 307 g/mol. The highest BCUT2D eigenvalue weighted by Crippen LogP contribution is 2.33. The number of anilines is 2. The van der Waals surface area contributed by atoms with Gasteiger partial charge in [-0.05, 0) is 18.2 Å². The first-order valence-corrected chi connectivity index (χ1v) is 5.74. The highest BCUT2D eigenvalue weighted by atomic mass is 35.5. The average molecular weight is 308 g/mol. The Balaban J connectivity index is 2.26. The Kier molecular flexibility index (Phi) is 3.82. The van der Waals surface area contributed by atoms with Gasteiger partial charge >= 0.3 is 6.18 Å². The highest BCUT2D eigenvalue weighted by Gasteiger charge is 2.34. The molecule has 0 amide bonds. The first-order valence-electron chi connectivity index (χ1n) is 4.98. The third kappa shape index (κ3) is 3.48. The quantitative estimate of drug-likeness (QED) is 0.827. The number of hydrogen-bond donors (Lipinski definition) is 1. The lowest BCUT2D eigenvalue weighted by Gasteiger charge is -2.09. The number of benzene rings is 1. The molecule has 0 aliphatic heterocycles. The zero-order chi connectivity index (χ0) is 14.0. The number of aromatic nitrogens is 2. The van der Waals surface area contributed by atoms with Crippen molar-refractivity contribution < 1.29 is 13.2 Å². The molecule has 0 unspecified atom stereocenters. The molecule has 0 saturated carbocycles. The first-order chi connectivity index (χ1) is 8.86. The van der Waals surface area contributed by atoms with E-state index in [0.29, 0.717) is 16.9 Å². The average Bonchev–Trinajstić information content (AvgIpc) is 2.27. The third-order valence-corrected chi connectivity index (χ3v) is 2.65. The van der Waals surface area contributed by atoms with Crippen LogP contribution in [0.2, 0.25) is 10.2 Å². The summed E-state index contributed by atoms with van der Waals surface area (Å²) in [6, 6.07) is 6.58. The van der Waals surface area contributed by atoms with E-state index in [1.165, 1.54) is 0 Å². The van der Waals surface area contributed by atoms with E-state index in [1.54, 1.807) is 24.3 Å². The van der Waals surface area contributed by atoms with Crippen LogP contribution in [0, 0.1) is 0 Å². The van der Waals surface area contributed by atoms with Crippen LogP contribution >= 0.6 is 23.2 Å². The molecule has 0 bridgehead atoms. The van der Waals surface area contributed by atoms with Gasteiger partial charge in [0.05, 0.1) is 0 Å². The molecular weight excluding hydrogens is 302 g/mol. The second-order valence-electron chi connectivity index (χ2n) is 3.53. The summed E-state index contributed by atoms with van der Waals surface area (Å²) in [6.45, 7) is 0.